The fourth-order valence-corrected chi connectivity index (χ4v) is 1.90. The first-order valence-corrected chi connectivity index (χ1v) is 6.74. The normalized spacial score (nSPS) is 15.3. The van der Waals surface area contributed by atoms with Gasteiger partial charge in [-0.05, 0) is 31.2 Å². The van der Waals surface area contributed by atoms with Crippen molar-refractivity contribution in [3.05, 3.63) is 12.2 Å². The number of hydrogen-bond donors (Lipinski definition) is 1. The van der Waals surface area contributed by atoms with Crippen LogP contribution >= 0.6 is 0 Å². The highest BCUT2D eigenvalue weighted by Gasteiger charge is 2.20. The Balaban J connectivity index is 1.76. The Bertz CT molecular complexity index is 395. The van der Waals surface area contributed by atoms with Gasteiger partial charge in [0.2, 0.25) is 0 Å². The van der Waals surface area contributed by atoms with Crippen LogP contribution in [0, 0.1) is 11.8 Å². The summed E-state index contributed by atoms with van der Waals surface area (Å²) in [7, 11) is 0. The SMILES string of the molecule is CC(C)Cn1ncnc1CC(=O)CNCC1CC1. The van der Waals surface area contributed by atoms with Crippen molar-refractivity contribution in [3.63, 3.8) is 0 Å². The summed E-state index contributed by atoms with van der Waals surface area (Å²) in [6.45, 7) is 6.50. The van der Waals surface area contributed by atoms with Gasteiger partial charge in [0, 0.05) is 6.54 Å². The molecule has 0 saturated heterocycles. The highest BCUT2D eigenvalue weighted by Crippen LogP contribution is 2.27. The molecule has 0 aliphatic heterocycles. The molecule has 100 valence electrons. The Morgan fingerprint density at radius 1 is 1.56 bits per heavy atom. The molecule has 0 unspecified atom stereocenters. The molecule has 1 saturated carbocycles. The molecule has 1 fully saturated rings. The van der Waals surface area contributed by atoms with Crippen molar-refractivity contribution in [2.24, 2.45) is 11.8 Å². The molecule has 2 rings (SSSR count). The van der Waals surface area contributed by atoms with Crippen LogP contribution < -0.4 is 5.32 Å². The zero-order chi connectivity index (χ0) is 13.0. The van der Waals surface area contributed by atoms with Gasteiger partial charge in [-0.1, -0.05) is 13.8 Å². The van der Waals surface area contributed by atoms with E-state index in [4.69, 9.17) is 0 Å². The molecule has 5 heteroatoms. The van der Waals surface area contributed by atoms with Crippen LogP contribution in [0.15, 0.2) is 6.33 Å². The molecule has 0 aromatic carbocycles. The van der Waals surface area contributed by atoms with Gasteiger partial charge in [-0.15, -0.1) is 0 Å². The van der Waals surface area contributed by atoms with E-state index < -0.39 is 0 Å². The third kappa shape index (κ3) is 4.22. The predicted octanol–water partition coefficient (Wildman–Crippen LogP) is 1.05. The number of Topliss-reactive ketones (excluding diaryl/α,β-unsaturated/α-hetero) is 1. The molecular formula is C13H22N4O. The van der Waals surface area contributed by atoms with Gasteiger partial charge in [0.25, 0.3) is 0 Å². The smallest absolute Gasteiger partial charge is 0.154 e. The third-order valence-corrected chi connectivity index (χ3v) is 3.04. The van der Waals surface area contributed by atoms with Crippen LogP contribution in [0.25, 0.3) is 0 Å². The summed E-state index contributed by atoms with van der Waals surface area (Å²) in [6, 6.07) is 0. The topological polar surface area (TPSA) is 59.8 Å². The maximum atomic E-state index is 11.8. The van der Waals surface area contributed by atoms with Crippen molar-refractivity contribution >= 4 is 5.78 Å². The van der Waals surface area contributed by atoms with Crippen molar-refractivity contribution in [1.29, 1.82) is 0 Å². The first-order chi connectivity index (χ1) is 8.65. The Morgan fingerprint density at radius 2 is 2.33 bits per heavy atom. The number of carbonyl (C=O) groups excluding carboxylic acids is 1. The summed E-state index contributed by atoms with van der Waals surface area (Å²) in [4.78, 5) is 16.0. The molecule has 18 heavy (non-hydrogen) atoms. The number of carbonyl (C=O) groups is 1. The van der Waals surface area contributed by atoms with Crippen LogP contribution in [0.5, 0.6) is 0 Å². The van der Waals surface area contributed by atoms with Crippen molar-refractivity contribution < 1.29 is 4.79 Å². The van der Waals surface area contributed by atoms with Gasteiger partial charge in [-0.25, -0.2) is 9.67 Å². The zero-order valence-corrected chi connectivity index (χ0v) is 11.2. The monoisotopic (exact) mass is 250 g/mol. The van der Waals surface area contributed by atoms with Gasteiger partial charge < -0.3 is 5.32 Å². The summed E-state index contributed by atoms with van der Waals surface area (Å²) in [5, 5.41) is 7.37. The minimum Gasteiger partial charge on any atom is -0.310 e. The lowest BCUT2D eigenvalue weighted by Gasteiger charge is -2.08. The quantitative estimate of drug-likeness (QED) is 0.749. The van der Waals surface area contributed by atoms with Gasteiger partial charge in [0.15, 0.2) is 5.78 Å². The lowest BCUT2D eigenvalue weighted by atomic mass is 10.2. The lowest BCUT2D eigenvalue weighted by molar-refractivity contribution is -0.117. The fraction of sp³-hybridized carbons (Fsp3) is 0.769. The van der Waals surface area contributed by atoms with Crippen molar-refractivity contribution in [2.75, 3.05) is 13.1 Å². The minimum atomic E-state index is 0.189. The summed E-state index contributed by atoms with van der Waals surface area (Å²) >= 11 is 0. The first kappa shape index (κ1) is 13.2. The van der Waals surface area contributed by atoms with Crippen LogP contribution in [0.1, 0.15) is 32.5 Å². The zero-order valence-electron chi connectivity index (χ0n) is 11.2. The molecule has 1 heterocycles. The van der Waals surface area contributed by atoms with E-state index in [0.29, 0.717) is 18.9 Å². The number of ketones is 1. The van der Waals surface area contributed by atoms with Crippen molar-refractivity contribution in [3.8, 4) is 0 Å². The molecule has 0 radical (unpaired) electrons. The molecule has 1 aliphatic carbocycles. The highest BCUT2D eigenvalue weighted by molar-refractivity contribution is 5.82. The Hall–Kier alpha value is -1.23. The molecule has 0 spiro atoms. The summed E-state index contributed by atoms with van der Waals surface area (Å²) in [6.07, 6.45) is 4.53. The van der Waals surface area contributed by atoms with Gasteiger partial charge in [-0.2, -0.15) is 5.10 Å². The van der Waals surface area contributed by atoms with Crippen molar-refractivity contribution in [1.82, 2.24) is 20.1 Å². The van der Waals surface area contributed by atoms with E-state index in [1.165, 1.54) is 19.2 Å². The van der Waals surface area contributed by atoms with E-state index >= 15 is 0 Å². The van der Waals surface area contributed by atoms with E-state index in [2.05, 4.69) is 29.2 Å². The van der Waals surface area contributed by atoms with E-state index in [0.717, 1.165) is 24.8 Å². The molecule has 5 nitrogen and oxygen atoms in total. The summed E-state index contributed by atoms with van der Waals surface area (Å²) in [5.74, 6) is 2.28. The molecule has 1 N–H and O–H groups in total. The minimum absolute atomic E-state index is 0.189. The number of aromatic nitrogens is 3. The van der Waals surface area contributed by atoms with Crippen LogP contribution in [-0.4, -0.2) is 33.6 Å². The highest BCUT2D eigenvalue weighted by atomic mass is 16.1. The molecule has 0 bridgehead atoms. The van der Waals surface area contributed by atoms with Crippen LogP contribution in [0.3, 0.4) is 0 Å². The Labute approximate surface area is 108 Å². The molecule has 1 aromatic rings. The number of rotatable bonds is 8. The first-order valence-electron chi connectivity index (χ1n) is 6.74. The molecular weight excluding hydrogens is 228 g/mol. The van der Waals surface area contributed by atoms with Crippen molar-refractivity contribution in [2.45, 2.75) is 39.7 Å². The Morgan fingerprint density at radius 3 is 3.00 bits per heavy atom. The predicted molar refractivity (Wildman–Crippen MR) is 69.2 cm³/mol. The second-order valence-corrected chi connectivity index (χ2v) is 5.54. The van der Waals surface area contributed by atoms with Gasteiger partial charge in [-0.3, -0.25) is 4.79 Å². The lowest BCUT2D eigenvalue weighted by Crippen LogP contribution is -2.27. The largest absolute Gasteiger partial charge is 0.310 e. The standard InChI is InChI=1S/C13H22N4O/c1-10(2)8-17-13(15-9-16-17)5-12(18)7-14-6-11-3-4-11/h9-11,14H,3-8H2,1-2H3. The average molecular weight is 250 g/mol. The number of hydrogen-bond acceptors (Lipinski definition) is 4. The second kappa shape index (κ2) is 6.09. The maximum absolute atomic E-state index is 11.8. The van der Waals surface area contributed by atoms with E-state index in [-0.39, 0.29) is 5.78 Å². The van der Waals surface area contributed by atoms with Crippen LogP contribution in [0.4, 0.5) is 0 Å². The second-order valence-electron chi connectivity index (χ2n) is 5.54. The van der Waals surface area contributed by atoms with Gasteiger partial charge in [0.1, 0.15) is 12.2 Å². The van der Waals surface area contributed by atoms with E-state index in [9.17, 15) is 4.79 Å². The number of nitrogens with zero attached hydrogens (tertiary/aromatic N) is 3. The Kier molecular flexibility index (Phi) is 4.47. The number of nitrogens with one attached hydrogen (secondary N) is 1. The van der Waals surface area contributed by atoms with E-state index in [1.54, 1.807) is 0 Å². The molecule has 0 atom stereocenters. The van der Waals surface area contributed by atoms with E-state index in [1.807, 2.05) is 4.68 Å². The maximum Gasteiger partial charge on any atom is 0.154 e. The van der Waals surface area contributed by atoms with Crippen LogP contribution in [0.2, 0.25) is 0 Å². The summed E-state index contributed by atoms with van der Waals surface area (Å²) in [5.41, 5.74) is 0. The third-order valence-electron chi connectivity index (χ3n) is 3.04. The fourth-order valence-electron chi connectivity index (χ4n) is 1.90. The molecule has 0 amide bonds. The average Bonchev–Trinajstić information content (AvgIpc) is 3.02. The molecule has 1 aliphatic rings. The molecule has 1 aromatic heterocycles. The van der Waals surface area contributed by atoms with Gasteiger partial charge in [0.05, 0.1) is 13.0 Å². The van der Waals surface area contributed by atoms with Gasteiger partial charge >= 0.3 is 0 Å². The van der Waals surface area contributed by atoms with Crippen LogP contribution in [-0.2, 0) is 17.8 Å². The summed E-state index contributed by atoms with van der Waals surface area (Å²) < 4.78 is 1.84.